The highest BCUT2D eigenvalue weighted by atomic mass is 15.2. The van der Waals surface area contributed by atoms with Crippen LogP contribution in [0.5, 0.6) is 0 Å². The van der Waals surface area contributed by atoms with Crippen LogP contribution in [0, 0.1) is 0 Å². The summed E-state index contributed by atoms with van der Waals surface area (Å²) in [6, 6.07) is 33.3. The number of aromatic nitrogens is 3. The summed E-state index contributed by atoms with van der Waals surface area (Å²) in [6.07, 6.45) is 3.50. The van der Waals surface area contributed by atoms with E-state index in [0.29, 0.717) is 6.04 Å². The first-order chi connectivity index (χ1) is 16.7. The molecule has 3 aromatic heterocycles. The molecule has 158 valence electrons. The number of hydrogen-bond donors (Lipinski definition) is 0. The van der Waals surface area contributed by atoms with Gasteiger partial charge in [-0.3, -0.25) is 4.57 Å². The molecule has 4 heteroatoms. The Balaban J connectivity index is 1.52. The standard InChI is InChI=1S/C29H22N4/c1-32(28-13-4-6-17-30-28)23-10-8-9-21(19-23)22-15-16-25-24-11-2-3-12-26(24)33(27(25)20-22)29-14-5-7-18-31-29/h2-20H,1H3/i5D. The second-order valence-electron chi connectivity index (χ2n) is 8.00. The lowest BCUT2D eigenvalue weighted by Crippen LogP contribution is -2.10. The van der Waals surface area contributed by atoms with Crippen LogP contribution in [-0.4, -0.2) is 21.6 Å². The summed E-state index contributed by atoms with van der Waals surface area (Å²) >= 11 is 0. The molecule has 4 nitrogen and oxygen atoms in total. The first-order valence-corrected chi connectivity index (χ1v) is 10.9. The lowest BCUT2D eigenvalue weighted by Gasteiger charge is -2.19. The van der Waals surface area contributed by atoms with Crippen molar-refractivity contribution in [2.45, 2.75) is 0 Å². The summed E-state index contributed by atoms with van der Waals surface area (Å²) in [4.78, 5) is 11.1. The van der Waals surface area contributed by atoms with Crippen molar-refractivity contribution in [3.63, 3.8) is 0 Å². The average Bonchev–Trinajstić information content (AvgIpc) is 3.22. The molecule has 0 aliphatic rings. The number of rotatable bonds is 4. The molecule has 0 unspecified atom stereocenters. The second kappa shape index (κ2) is 7.92. The molecule has 0 saturated carbocycles. The van der Waals surface area contributed by atoms with Gasteiger partial charge in [-0.2, -0.15) is 0 Å². The van der Waals surface area contributed by atoms with Crippen LogP contribution in [0.1, 0.15) is 1.37 Å². The summed E-state index contributed by atoms with van der Waals surface area (Å²) in [5, 5.41) is 2.34. The van der Waals surface area contributed by atoms with Crippen LogP contribution in [0.25, 0.3) is 38.8 Å². The van der Waals surface area contributed by atoms with Crippen molar-refractivity contribution >= 4 is 33.3 Å². The molecular formula is C29H22N4. The largest absolute Gasteiger partial charge is 0.329 e. The van der Waals surface area contributed by atoms with E-state index < -0.39 is 0 Å². The SMILES string of the molecule is [2H]c1ccnc(-n2c3ccccc3c3ccc(-c4cccc(N(C)c5ccccn5)c4)cc32)c1. The number of pyridine rings is 2. The first-order valence-electron chi connectivity index (χ1n) is 11.4. The number of nitrogens with zero attached hydrogens (tertiary/aromatic N) is 4. The van der Waals surface area contributed by atoms with Gasteiger partial charge in [0, 0.05) is 35.9 Å². The third-order valence-corrected chi connectivity index (χ3v) is 6.05. The van der Waals surface area contributed by atoms with Gasteiger partial charge in [0.05, 0.1) is 12.4 Å². The Kier molecular flexibility index (Phi) is 4.36. The topological polar surface area (TPSA) is 34.0 Å². The van der Waals surface area contributed by atoms with Gasteiger partial charge in [-0.1, -0.05) is 54.6 Å². The van der Waals surface area contributed by atoms with Crippen molar-refractivity contribution in [3.05, 3.63) is 115 Å². The molecule has 0 N–H and O–H groups in total. The molecule has 6 rings (SSSR count). The molecule has 6 aromatic rings. The smallest absolute Gasteiger partial charge is 0.137 e. The fraction of sp³-hybridized carbons (Fsp3) is 0.0345. The Hall–Kier alpha value is -4.44. The fourth-order valence-electron chi connectivity index (χ4n) is 4.41. The maximum Gasteiger partial charge on any atom is 0.137 e. The van der Waals surface area contributed by atoms with Crippen LogP contribution in [0.3, 0.4) is 0 Å². The van der Waals surface area contributed by atoms with E-state index in [1.54, 1.807) is 18.3 Å². The number of anilines is 2. The normalized spacial score (nSPS) is 11.6. The van der Waals surface area contributed by atoms with Crippen LogP contribution in [-0.2, 0) is 0 Å². The molecule has 0 amide bonds. The summed E-state index contributed by atoms with van der Waals surface area (Å²) in [5.41, 5.74) is 5.47. The fourth-order valence-corrected chi connectivity index (χ4v) is 4.41. The van der Waals surface area contributed by atoms with Gasteiger partial charge in [-0.25, -0.2) is 9.97 Å². The van der Waals surface area contributed by atoms with E-state index in [0.717, 1.165) is 39.5 Å². The second-order valence-corrected chi connectivity index (χ2v) is 8.00. The first kappa shape index (κ1) is 18.2. The van der Waals surface area contributed by atoms with E-state index in [-0.39, 0.29) is 0 Å². The van der Waals surface area contributed by atoms with E-state index in [2.05, 4.69) is 80.1 Å². The quantitative estimate of drug-likeness (QED) is 0.303. The third kappa shape index (κ3) is 3.33. The van der Waals surface area contributed by atoms with Crippen molar-refractivity contribution in [3.8, 4) is 16.9 Å². The molecule has 0 saturated heterocycles. The van der Waals surface area contributed by atoms with Gasteiger partial charge in [-0.05, 0) is 59.7 Å². The van der Waals surface area contributed by atoms with Gasteiger partial charge in [0.25, 0.3) is 0 Å². The zero-order chi connectivity index (χ0) is 23.1. The van der Waals surface area contributed by atoms with Gasteiger partial charge in [-0.15, -0.1) is 0 Å². The Morgan fingerprint density at radius 2 is 1.52 bits per heavy atom. The van der Waals surface area contributed by atoms with Crippen molar-refractivity contribution < 1.29 is 1.37 Å². The van der Waals surface area contributed by atoms with Gasteiger partial charge in [0.15, 0.2) is 0 Å². The van der Waals surface area contributed by atoms with Crippen molar-refractivity contribution in [2.24, 2.45) is 0 Å². The summed E-state index contributed by atoms with van der Waals surface area (Å²) in [7, 11) is 2.03. The minimum atomic E-state index is 0.442. The predicted octanol–water partition coefficient (Wildman–Crippen LogP) is 7.01. The van der Waals surface area contributed by atoms with E-state index in [4.69, 9.17) is 1.37 Å². The van der Waals surface area contributed by atoms with Gasteiger partial charge < -0.3 is 4.90 Å². The third-order valence-electron chi connectivity index (χ3n) is 6.05. The van der Waals surface area contributed by atoms with Gasteiger partial charge >= 0.3 is 0 Å². The monoisotopic (exact) mass is 427 g/mol. The summed E-state index contributed by atoms with van der Waals surface area (Å²) < 4.78 is 10.3. The highest BCUT2D eigenvalue weighted by molar-refractivity contribution is 6.10. The lowest BCUT2D eigenvalue weighted by molar-refractivity contribution is 1.08. The van der Waals surface area contributed by atoms with Crippen LogP contribution in [0.2, 0.25) is 0 Å². The average molecular weight is 428 g/mol. The van der Waals surface area contributed by atoms with Crippen LogP contribution in [0.4, 0.5) is 11.5 Å². The Morgan fingerprint density at radius 1 is 0.697 bits per heavy atom. The Bertz CT molecular complexity index is 1640. The molecule has 33 heavy (non-hydrogen) atoms. The van der Waals surface area contributed by atoms with Crippen LogP contribution < -0.4 is 4.90 Å². The molecule has 3 heterocycles. The van der Waals surface area contributed by atoms with E-state index in [1.165, 1.54) is 10.8 Å². The van der Waals surface area contributed by atoms with Gasteiger partial charge in [0.1, 0.15) is 11.6 Å². The maximum absolute atomic E-state index is 8.10. The van der Waals surface area contributed by atoms with Crippen LogP contribution in [0.15, 0.2) is 115 Å². The lowest BCUT2D eigenvalue weighted by atomic mass is 10.0. The molecule has 0 aliphatic carbocycles. The molecular weight excluding hydrogens is 404 g/mol. The molecule has 0 atom stereocenters. The Morgan fingerprint density at radius 3 is 2.39 bits per heavy atom. The number of hydrogen-bond acceptors (Lipinski definition) is 3. The van der Waals surface area contributed by atoms with E-state index in [9.17, 15) is 0 Å². The highest BCUT2D eigenvalue weighted by Gasteiger charge is 2.14. The highest BCUT2D eigenvalue weighted by Crippen LogP contribution is 2.35. The van der Waals surface area contributed by atoms with E-state index >= 15 is 0 Å². The molecule has 0 fully saturated rings. The molecule has 0 radical (unpaired) electrons. The molecule has 0 bridgehead atoms. The minimum absolute atomic E-state index is 0.442. The zero-order valence-corrected chi connectivity index (χ0v) is 18.2. The van der Waals surface area contributed by atoms with Crippen molar-refractivity contribution in [1.29, 1.82) is 0 Å². The molecule has 3 aromatic carbocycles. The maximum atomic E-state index is 8.10. The number of benzene rings is 3. The number of fused-ring (bicyclic) bond motifs is 3. The Labute approximate surface area is 193 Å². The van der Waals surface area contributed by atoms with Gasteiger partial charge in [0.2, 0.25) is 0 Å². The van der Waals surface area contributed by atoms with Crippen molar-refractivity contribution in [1.82, 2.24) is 14.5 Å². The van der Waals surface area contributed by atoms with Crippen LogP contribution >= 0.6 is 0 Å². The molecule has 0 spiro atoms. The predicted molar refractivity (Wildman–Crippen MR) is 136 cm³/mol. The van der Waals surface area contributed by atoms with E-state index in [1.807, 2.05) is 37.5 Å². The number of para-hydroxylation sites is 1. The van der Waals surface area contributed by atoms with Crippen molar-refractivity contribution in [2.75, 3.05) is 11.9 Å². The zero-order valence-electron chi connectivity index (χ0n) is 19.2. The summed E-state index contributed by atoms with van der Waals surface area (Å²) in [6.45, 7) is 0. The minimum Gasteiger partial charge on any atom is -0.329 e. The summed E-state index contributed by atoms with van der Waals surface area (Å²) in [5.74, 6) is 1.65. The molecule has 0 aliphatic heterocycles.